The molecule has 3 rings (SSSR count). The van der Waals surface area contributed by atoms with E-state index in [1.807, 2.05) is 30.3 Å². The van der Waals surface area contributed by atoms with Crippen molar-refractivity contribution < 1.29 is 14.1 Å². The van der Waals surface area contributed by atoms with Gasteiger partial charge in [0.05, 0.1) is 25.1 Å². The Morgan fingerprint density at radius 3 is 2.45 bits per heavy atom. The highest BCUT2D eigenvalue weighted by molar-refractivity contribution is 7.70. The van der Waals surface area contributed by atoms with Crippen LogP contribution in [-0.2, 0) is 9.36 Å². The lowest BCUT2D eigenvalue weighted by molar-refractivity contribution is -0.111. The zero-order chi connectivity index (χ0) is 22.4. The molecular formula is C22H30N5O3P. The summed E-state index contributed by atoms with van der Waals surface area (Å²) in [5, 5.41) is 17.3. The number of hydrogen-bond donors (Lipinski definition) is 5. The molecule has 2 atom stereocenters. The number of methoxy groups -OCH3 is 1. The van der Waals surface area contributed by atoms with Crippen LogP contribution in [0.4, 0.5) is 17.1 Å². The normalized spacial score (nSPS) is 18.7. The maximum Gasteiger partial charge on any atom is 0.247 e. The summed E-state index contributed by atoms with van der Waals surface area (Å²) in [4.78, 5) is 11.6. The van der Waals surface area contributed by atoms with Crippen molar-refractivity contribution in [2.24, 2.45) is 0 Å². The van der Waals surface area contributed by atoms with Crippen molar-refractivity contribution in [3.05, 3.63) is 55.1 Å². The van der Waals surface area contributed by atoms with Crippen LogP contribution < -0.4 is 36.6 Å². The molecule has 0 aliphatic carbocycles. The van der Waals surface area contributed by atoms with E-state index in [1.165, 1.54) is 6.08 Å². The molecular weight excluding hydrogens is 413 g/mol. The van der Waals surface area contributed by atoms with Crippen LogP contribution in [0.15, 0.2) is 55.1 Å². The van der Waals surface area contributed by atoms with Gasteiger partial charge < -0.3 is 25.3 Å². The van der Waals surface area contributed by atoms with Crippen molar-refractivity contribution in [3.8, 4) is 5.75 Å². The van der Waals surface area contributed by atoms with Gasteiger partial charge in [-0.15, -0.1) is 0 Å². The Labute approximate surface area is 183 Å². The number of carbonyl (C=O) groups is 1. The van der Waals surface area contributed by atoms with E-state index in [0.717, 1.165) is 16.7 Å². The molecule has 0 aromatic heterocycles. The fraction of sp³-hybridized carbons (Fsp3) is 0.318. The van der Waals surface area contributed by atoms with Crippen molar-refractivity contribution >= 4 is 35.4 Å². The quantitative estimate of drug-likeness (QED) is 0.316. The Kier molecular flexibility index (Phi) is 7.38. The molecule has 1 amide bonds. The molecule has 31 heavy (non-hydrogen) atoms. The van der Waals surface area contributed by atoms with Crippen molar-refractivity contribution in [2.75, 3.05) is 43.1 Å². The van der Waals surface area contributed by atoms with Crippen LogP contribution in [0.2, 0.25) is 0 Å². The lowest BCUT2D eigenvalue weighted by Crippen LogP contribution is -2.56. The maximum absolute atomic E-state index is 12.6. The molecule has 8 nitrogen and oxygen atoms in total. The minimum Gasteiger partial charge on any atom is -0.495 e. The molecule has 0 saturated carbocycles. The first kappa shape index (κ1) is 22.9. The van der Waals surface area contributed by atoms with Crippen LogP contribution >= 0.6 is 7.14 Å². The Morgan fingerprint density at radius 1 is 1.13 bits per heavy atom. The second kappa shape index (κ2) is 10.0. The summed E-state index contributed by atoms with van der Waals surface area (Å²) in [5.74, 6) is 0.396. The third-order valence-electron chi connectivity index (χ3n) is 4.96. The van der Waals surface area contributed by atoms with Gasteiger partial charge in [-0.25, -0.2) is 0 Å². The van der Waals surface area contributed by atoms with Gasteiger partial charge in [0.15, 0.2) is 0 Å². The first-order chi connectivity index (χ1) is 14.8. The molecule has 2 aromatic carbocycles. The number of rotatable bonds is 8. The van der Waals surface area contributed by atoms with Gasteiger partial charge in [-0.05, 0) is 49.7 Å². The number of para-hydroxylation sites is 1. The van der Waals surface area contributed by atoms with Crippen LogP contribution in [0.25, 0.3) is 0 Å². The zero-order valence-electron chi connectivity index (χ0n) is 18.1. The van der Waals surface area contributed by atoms with Gasteiger partial charge in [-0.3, -0.25) is 15.4 Å². The van der Waals surface area contributed by atoms with E-state index < -0.39 is 7.14 Å². The number of anilines is 3. The number of carbonyl (C=O) groups excluding carboxylic acids is 1. The molecule has 1 aliphatic heterocycles. The first-order valence-corrected chi connectivity index (χ1v) is 12.7. The summed E-state index contributed by atoms with van der Waals surface area (Å²) in [6.45, 7) is 7.61. The molecule has 1 aliphatic rings. The minimum atomic E-state index is -2.40. The predicted octanol–water partition coefficient (Wildman–Crippen LogP) is 2.78. The summed E-state index contributed by atoms with van der Waals surface area (Å²) >= 11 is 0. The van der Waals surface area contributed by atoms with E-state index in [2.05, 4.69) is 33.2 Å². The van der Waals surface area contributed by atoms with E-state index in [0.29, 0.717) is 24.5 Å². The van der Waals surface area contributed by atoms with Gasteiger partial charge in [0, 0.05) is 29.8 Å². The van der Waals surface area contributed by atoms with Gasteiger partial charge in [0.1, 0.15) is 12.9 Å². The average Bonchev–Trinajstić information content (AvgIpc) is 2.74. The van der Waals surface area contributed by atoms with Crippen LogP contribution in [0.1, 0.15) is 6.42 Å². The predicted molar refractivity (Wildman–Crippen MR) is 128 cm³/mol. The summed E-state index contributed by atoms with van der Waals surface area (Å²) in [5.41, 5.74) is 2.28. The molecule has 2 aromatic rings. The number of hydrogen-bond acceptors (Lipinski definition) is 7. The lowest BCUT2D eigenvalue weighted by Gasteiger charge is -2.34. The Hall–Kier alpha value is -2.80. The molecule has 1 heterocycles. The van der Waals surface area contributed by atoms with E-state index in [4.69, 9.17) is 4.74 Å². The largest absolute Gasteiger partial charge is 0.495 e. The smallest absolute Gasteiger partial charge is 0.247 e. The van der Waals surface area contributed by atoms with E-state index >= 15 is 0 Å². The SMILES string of the molecule is C=CC(=O)Nc1ccc(OC)c(NC2CC(Nc3ccccc3P(C)(C)=O)NCN2)c1. The van der Waals surface area contributed by atoms with Gasteiger partial charge in [0.2, 0.25) is 5.91 Å². The molecule has 0 bridgehead atoms. The van der Waals surface area contributed by atoms with Crippen LogP contribution in [0.3, 0.4) is 0 Å². The number of amides is 1. The topological polar surface area (TPSA) is 104 Å². The summed E-state index contributed by atoms with van der Waals surface area (Å²) in [7, 11) is -0.799. The summed E-state index contributed by atoms with van der Waals surface area (Å²) in [6, 6.07) is 13.1. The van der Waals surface area contributed by atoms with Gasteiger partial charge in [-0.1, -0.05) is 18.7 Å². The van der Waals surface area contributed by atoms with E-state index in [-0.39, 0.29) is 18.2 Å². The van der Waals surface area contributed by atoms with Crippen LogP contribution in [0.5, 0.6) is 5.75 Å². The van der Waals surface area contributed by atoms with Crippen molar-refractivity contribution in [1.82, 2.24) is 10.6 Å². The highest BCUT2D eigenvalue weighted by Crippen LogP contribution is 2.37. The fourth-order valence-electron chi connectivity index (χ4n) is 3.46. The molecule has 1 fully saturated rings. The number of benzene rings is 2. The van der Waals surface area contributed by atoms with Crippen molar-refractivity contribution in [3.63, 3.8) is 0 Å². The van der Waals surface area contributed by atoms with Crippen molar-refractivity contribution in [2.45, 2.75) is 18.8 Å². The Morgan fingerprint density at radius 2 is 1.81 bits per heavy atom. The Bertz CT molecular complexity index is 991. The highest BCUT2D eigenvalue weighted by Gasteiger charge is 2.24. The molecule has 1 saturated heterocycles. The van der Waals surface area contributed by atoms with E-state index in [1.54, 1.807) is 32.6 Å². The van der Waals surface area contributed by atoms with Crippen LogP contribution in [-0.4, -0.2) is 45.3 Å². The molecule has 2 unspecified atom stereocenters. The van der Waals surface area contributed by atoms with Gasteiger partial charge >= 0.3 is 0 Å². The highest BCUT2D eigenvalue weighted by atomic mass is 31.2. The monoisotopic (exact) mass is 443 g/mol. The molecule has 9 heteroatoms. The lowest BCUT2D eigenvalue weighted by atomic mass is 10.2. The molecule has 5 N–H and O–H groups in total. The standard InChI is InChI=1S/C22H30N5O3P/c1-5-22(28)25-15-10-11-18(30-2)17(12-15)27-21-13-20(23-14-24-21)26-16-8-6-7-9-19(16)31(3,4)29/h5-12,20-21,23-24,26-27H,1,13-14H2,2-4H3,(H,25,28). The van der Waals surface area contributed by atoms with Crippen LogP contribution in [0, 0.1) is 0 Å². The second-order valence-electron chi connectivity index (χ2n) is 7.69. The van der Waals surface area contributed by atoms with E-state index in [9.17, 15) is 9.36 Å². The zero-order valence-corrected chi connectivity index (χ0v) is 19.0. The number of ether oxygens (including phenoxy) is 1. The maximum atomic E-state index is 12.6. The third-order valence-corrected chi connectivity index (χ3v) is 6.51. The summed E-state index contributed by atoms with van der Waals surface area (Å²) < 4.78 is 18.1. The first-order valence-electron chi connectivity index (χ1n) is 10.1. The van der Waals surface area contributed by atoms with Crippen molar-refractivity contribution in [1.29, 1.82) is 0 Å². The molecule has 166 valence electrons. The average molecular weight is 443 g/mol. The Balaban J connectivity index is 1.72. The summed E-state index contributed by atoms with van der Waals surface area (Å²) in [6.07, 6.45) is 1.85. The van der Waals surface area contributed by atoms with Gasteiger partial charge in [0.25, 0.3) is 0 Å². The fourth-order valence-corrected chi connectivity index (χ4v) is 4.62. The minimum absolute atomic E-state index is 0.0268. The van der Waals surface area contributed by atoms with Gasteiger partial charge in [-0.2, -0.15) is 0 Å². The third kappa shape index (κ3) is 6.10. The molecule has 0 spiro atoms. The number of nitrogens with one attached hydrogen (secondary N) is 5. The molecule has 0 radical (unpaired) electrons. The second-order valence-corrected chi connectivity index (χ2v) is 10.9.